The largest absolute Gasteiger partial charge is 0.382 e. The van der Waals surface area contributed by atoms with Crippen molar-refractivity contribution in [1.29, 1.82) is 0 Å². The van der Waals surface area contributed by atoms with Crippen molar-refractivity contribution in [2.24, 2.45) is 0 Å². The van der Waals surface area contributed by atoms with Gasteiger partial charge in [-0.25, -0.2) is 0 Å². The lowest BCUT2D eigenvalue weighted by molar-refractivity contribution is 1.10. The summed E-state index contributed by atoms with van der Waals surface area (Å²) in [5, 5.41) is 7.55. The van der Waals surface area contributed by atoms with Crippen LogP contribution in [-0.4, -0.2) is 15.2 Å². The van der Waals surface area contributed by atoms with Crippen molar-refractivity contribution < 1.29 is 0 Å². The zero-order valence-electron chi connectivity index (χ0n) is 10.4. The number of nitrogens with two attached hydrogens (primary N) is 1. The van der Waals surface area contributed by atoms with Crippen LogP contribution in [0.3, 0.4) is 0 Å². The monoisotopic (exact) mass is 286 g/mol. The van der Waals surface area contributed by atoms with Gasteiger partial charge in [-0.05, 0) is 23.8 Å². The Morgan fingerprint density at radius 3 is 2.70 bits per heavy atom. The van der Waals surface area contributed by atoms with E-state index >= 15 is 0 Å². The number of H-pyrrole nitrogens is 2. The number of hydrogen-bond donors (Lipinski definition) is 3. The van der Waals surface area contributed by atoms with Gasteiger partial charge in [0.1, 0.15) is 0 Å². The fraction of sp³-hybridized carbons (Fsp3) is 0. The first-order valence-electron chi connectivity index (χ1n) is 5.94. The summed E-state index contributed by atoms with van der Waals surface area (Å²) in [5.41, 5.74) is 8.93. The number of nitrogens with one attached hydrogen (secondary N) is 2. The lowest BCUT2D eigenvalue weighted by atomic mass is 10.0. The average Bonchev–Trinajstić information content (AvgIpc) is 2.81. The summed E-state index contributed by atoms with van der Waals surface area (Å²) in [4.78, 5) is 13.8. The number of hydrogen-bond acceptors (Lipinski definition) is 3. The second kappa shape index (κ2) is 4.86. The lowest BCUT2D eigenvalue weighted by Gasteiger charge is -2.05. The highest BCUT2D eigenvalue weighted by Gasteiger charge is 2.15. The maximum absolute atomic E-state index is 11.1. The molecule has 0 aliphatic heterocycles. The number of nitrogens with zero attached hydrogens (tertiary/aromatic N) is 1. The smallest absolute Gasteiger partial charge is 0.247 e. The fourth-order valence-corrected chi connectivity index (χ4v) is 2.26. The number of nitrogen functional groups attached to an aromatic ring is 1. The molecular formula is C14H11ClN4O. The Kier molecular flexibility index (Phi) is 3.04. The maximum atomic E-state index is 11.1. The summed E-state index contributed by atoms with van der Waals surface area (Å²) in [6, 6.07) is 10.5. The molecule has 0 atom stereocenters. The van der Waals surface area contributed by atoms with Crippen molar-refractivity contribution in [1.82, 2.24) is 15.2 Å². The van der Waals surface area contributed by atoms with Gasteiger partial charge in [0.25, 0.3) is 0 Å². The molecule has 0 fully saturated rings. The van der Waals surface area contributed by atoms with Crippen LogP contribution in [0.1, 0.15) is 0 Å². The highest BCUT2D eigenvalue weighted by molar-refractivity contribution is 6.30. The van der Waals surface area contributed by atoms with Gasteiger partial charge in [0.15, 0.2) is 5.82 Å². The number of anilines is 1. The SMILES string of the molecule is Nc1n[nH]c(-c2ccc(=O)[nH]c2)c1-c1cccc(Cl)c1. The minimum atomic E-state index is -0.162. The van der Waals surface area contributed by atoms with Gasteiger partial charge in [-0.3, -0.25) is 9.89 Å². The highest BCUT2D eigenvalue weighted by Crippen LogP contribution is 2.34. The number of aromatic nitrogens is 3. The molecule has 0 saturated heterocycles. The number of benzene rings is 1. The summed E-state index contributed by atoms with van der Waals surface area (Å²) < 4.78 is 0. The molecule has 5 nitrogen and oxygen atoms in total. The van der Waals surface area contributed by atoms with Crippen LogP contribution in [0, 0.1) is 0 Å². The van der Waals surface area contributed by atoms with Crippen LogP contribution in [-0.2, 0) is 0 Å². The van der Waals surface area contributed by atoms with Crippen molar-refractivity contribution in [3.05, 3.63) is 58.0 Å². The Hall–Kier alpha value is -2.53. The van der Waals surface area contributed by atoms with E-state index in [-0.39, 0.29) is 5.56 Å². The van der Waals surface area contributed by atoms with Gasteiger partial charge in [-0.15, -0.1) is 0 Å². The molecule has 0 bridgehead atoms. The molecule has 0 saturated carbocycles. The number of rotatable bonds is 2. The number of halogens is 1. The van der Waals surface area contributed by atoms with Crippen molar-refractivity contribution in [3.8, 4) is 22.4 Å². The van der Waals surface area contributed by atoms with Crippen molar-refractivity contribution in [3.63, 3.8) is 0 Å². The summed E-state index contributed by atoms with van der Waals surface area (Å²) in [6.07, 6.45) is 1.61. The van der Waals surface area contributed by atoms with Crippen molar-refractivity contribution >= 4 is 17.4 Å². The van der Waals surface area contributed by atoms with Crippen LogP contribution >= 0.6 is 11.6 Å². The Labute approximate surface area is 119 Å². The highest BCUT2D eigenvalue weighted by atomic mass is 35.5. The van der Waals surface area contributed by atoms with Crippen LogP contribution in [0.5, 0.6) is 0 Å². The third kappa shape index (κ3) is 2.19. The van der Waals surface area contributed by atoms with E-state index in [9.17, 15) is 4.79 Å². The summed E-state index contributed by atoms with van der Waals surface area (Å²) in [5.74, 6) is 0.383. The molecule has 0 radical (unpaired) electrons. The zero-order chi connectivity index (χ0) is 14.1. The van der Waals surface area contributed by atoms with Gasteiger partial charge in [0.05, 0.1) is 11.3 Å². The first kappa shape index (κ1) is 12.5. The summed E-state index contributed by atoms with van der Waals surface area (Å²) in [7, 11) is 0. The molecule has 0 aliphatic rings. The third-order valence-corrected chi connectivity index (χ3v) is 3.22. The normalized spacial score (nSPS) is 10.7. The molecule has 1 aromatic carbocycles. The minimum Gasteiger partial charge on any atom is -0.382 e. The Morgan fingerprint density at radius 2 is 2.00 bits per heavy atom. The van der Waals surface area contributed by atoms with Crippen molar-refractivity contribution in [2.45, 2.75) is 0 Å². The predicted octanol–water partition coefficient (Wildman–Crippen LogP) is 2.67. The van der Waals surface area contributed by atoms with E-state index in [1.807, 2.05) is 18.2 Å². The van der Waals surface area contributed by atoms with Gasteiger partial charge < -0.3 is 10.7 Å². The van der Waals surface area contributed by atoms with E-state index in [0.29, 0.717) is 10.8 Å². The lowest BCUT2D eigenvalue weighted by Crippen LogP contribution is -2.01. The van der Waals surface area contributed by atoms with E-state index < -0.39 is 0 Å². The van der Waals surface area contributed by atoms with Crippen LogP contribution in [0.25, 0.3) is 22.4 Å². The van der Waals surface area contributed by atoms with Crippen LogP contribution < -0.4 is 11.3 Å². The Bertz CT molecular complexity index is 802. The third-order valence-electron chi connectivity index (χ3n) is 2.98. The molecule has 4 N–H and O–H groups in total. The van der Waals surface area contributed by atoms with Gasteiger partial charge in [0, 0.05) is 22.8 Å². The Morgan fingerprint density at radius 1 is 1.15 bits per heavy atom. The average molecular weight is 287 g/mol. The number of pyridine rings is 1. The summed E-state index contributed by atoms with van der Waals surface area (Å²) >= 11 is 6.01. The second-order valence-corrected chi connectivity index (χ2v) is 4.75. The minimum absolute atomic E-state index is 0.162. The molecule has 3 rings (SSSR count). The van der Waals surface area contributed by atoms with E-state index in [1.165, 1.54) is 6.07 Å². The predicted molar refractivity (Wildman–Crippen MR) is 79.5 cm³/mol. The van der Waals surface area contributed by atoms with Gasteiger partial charge in [-0.1, -0.05) is 23.7 Å². The topological polar surface area (TPSA) is 87.6 Å². The van der Waals surface area contributed by atoms with Gasteiger partial charge >= 0.3 is 0 Å². The molecule has 0 unspecified atom stereocenters. The van der Waals surface area contributed by atoms with Gasteiger partial charge in [-0.2, -0.15) is 5.10 Å². The molecule has 20 heavy (non-hydrogen) atoms. The molecule has 0 aliphatic carbocycles. The maximum Gasteiger partial charge on any atom is 0.247 e. The summed E-state index contributed by atoms with van der Waals surface area (Å²) in [6.45, 7) is 0. The van der Waals surface area contributed by atoms with Crippen LogP contribution in [0.2, 0.25) is 5.02 Å². The zero-order valence-corrected chi connectivity index (χ0v) is 11.1. The standard InChI is InChI=1S/C14H11ClN4O/c15-10-3-1-2-8(6-10)12-13(18-19-14(12)16)9-4-5-11(20)17-7-9/h1-7H,(H,17,20)(H3,16,18,19). The van der Waals surface area contributed by atoms with E-state index in [4.69, 9.17) is 17.3 Å². The van der Waals surface area contributed by atoms with E-state index in [2.05, 4.69) is 15.2 Å². The van der Waals surface area contributed by atoms with Crippen LogP contribution in [0.15, 0.2) is 47.4 Å². The van der Waals surface area contributed by atoms with Gasteiger partial charge in [0.2, 0.25) is 5.56 Å². The molecular weight excluding hydrogens is 276 g/mol. The first-order chi connectivity index (χ1) is 9.65. The van der Waals surface area contributed by atoms with Crippen molar-refractivity contribution in [2.75, 3.05) is 5.73 Å². The number of aromatic amines is 2. The van der Waals surface area contributed by atoms with E-state index in [0.717, 1.165) is 22.4 Å². The Balaban J connectivity index is 2.19. The molecule has 100 valence electrons. The molecule has 0 spiro atoms. The molecule has 0 amide bonds. The second-order valence-electron chi connectivity index (χ2n) is 4.31. The van der Waals surface area contributed by atoms with E-state index in [1.54, 1.807) is 18.3 Å². The fourth-order valence-electron chi connectivity index (χ4n) is 2.07. The van der Waals surface area contributed by atoms with Crippen LogP contribution in [0.4, 0.5) is 5.82 Å². The molecule has 2 aromatic heterocycles. The molecule has 3 aromatic rings. The molecule has 2 heterocycles. The first-order valence-corrected chi connectivity index (χ1v) is 6.32. The molecule has 6 heteroatoms. The quantitative estimate of drug-likeness (QED) is 0.677.